The van der Waals surface area contributed by atoms with E-state index < -0.39 is 5.91 Å². The molecule has 0 bridgehead atoms. The van der Waals surface area contributed by atoms with E-state index in [-0.39, 0.29) is 0 Å². The van der Waals surface area contributed by atoms with Crippen molar-refractivity contribution in [2.24, 2.45) is 5.73 Å². The maximum atomic E-state index is 11.0. The first-order valence-electron chi connectivity index (χ1n) is 8.87. The van der Waals surface area contributed by atoms with Gasteiger partial charge in [0.2, 0.25) is 5.91 Å². The molecule has 1 aromatic carbocycles. The zero-order valence-electron chi connectivity index (χ0n) is 14.3. The van der Waals surface area contributed by atoms with Gasteiger partial charge in [-0.15, -0.1) is 0 Å². The summed E-state index contributed by atoms with van der Waals surface area (Å²) >= 11 is 6.07. The third kappa shape index (κ3) is 8.85. The number of hydrogen-bond acceptors (Lipinski definition) is 2. The van der Waals surface area contributed by atoms with Crippen molar-refractivity contribution in [3.63, 3.8) is 0 Å². The van der Waals surface area contributed by atoms with Crippen LogP contribution in [0.15, 0.2) is 18.2 Å². The van der Waals surface area contributed by atoms with Gasteiger partial charge in [0.15, 0.2) is 0 Å². The Hall–Kier alpha value is -1.22. The van der Waals surface area contributed by atoms with Crippen LogP contribution in [0.2, 0.25) is 5.02 Å². The van der Waals surface area contributed by atoms with Crippen LogP contribution in [0.1, 0.15) is 81.5 Å². The summed E-state index contributed by atoms with van der Waals surface area (Å²) in [5.41, 5.74) is 5.61. The number of unbranched alkanes of at least 4 members (excludes halogenated alkanes) is 9. The molecule has 130 valence electrons. The van der Waals surface area contributed by atoms with Crippen molar-refractivity contribution >= 4 is 17.5 Å². The predicted octanol–water partition coefficient (Wildman–Crippen LogP) is 5.74. The molecular formula is C19H30ClNO2. The highest BCUT2D eigenvalue weighted by Crippen LogP contribution is 2.25. The summed E-state index contributed by atoms with van der Waals surface area (Å²) in [6, 6.07) is 4.90. The molecule has 4 heteroatoms. The second-order valence-electron chi connectivity index (χ2n) is 6.04. The molecule has 0 radical (unpaired) electrons. The molecule has 0 unspecified atom stereocenters. The Labute approximate surface area is 145 Å². The van der Waals surface area contributed by atoms with Gasteiger partial charge in [-0.05, 0) is 24.6 Å². The van der Waals surface area contributed by atoms with Crippen LogP contribution in [0, 0.1) is 0 Å². The second-order valence-corrected chi connectivity index (χ2v) is 6.45. The number of ether oxygens (including phenoxy) is 1. The van der Waals surface area contributed by atoms with Crippen LogP contribution >= 0.6 is 11.6 Å². The smallest absolute Gasteiger partial charge is 0.248 e. The number of halogens is 1. The maximum Gasteiger partial charge on any atom is 0.248 e. The first kappa shape index (κ1) is 19.8. The lowest BCUT2D eigenvalue weighted by molar-refractivity contribution is 0.100. The van der Waals surface area contributed by atoms with Gasteiger partial charge in [-0.2, -0.15) is 0 Å². The number of hydrogen-bond donors (Lipinski definition) is 1. The minimum absolute atomic E-state index is 0.404. The van der Waals surface area contributed by atoms with Gasteiger partial charge in [0.05, 0.1) is 11.6 Å². The van der Waals surface area contributed by atoms with E-state index in [0.29, 0.717) is 22.9 Å². The Balaban J connectivity index is 2.04. The van der Waals surface area contributed by atoms with Crippen molar-refractivity contribution in [2.45, 2.75) is 71.1 Å². The summed E-state index contributed by atoms with van der Waals surface area (Å²) in [6.45, 7) is 2.91. The summed E-state index contributed by atoms with van der Waals surface area (Å²) in [7, 11) is 0. The molecule has 0 atom stereocenters. The molecule has 1 rings (SSSR count). The summed E-state index contributed by atoms with van der Waals surface area (Å²) in [5, 5.41) is 0.438. The van der Waals surface area contributed by atoms with Crippen LogP contribution in [0.3, 0.4) is 0 Å². The molecule has 0 aliphatic carbocycles. The van der Waals surface area contributed by atoms with E-state index in [1.165, 1.54) is 57.8 Å². The van der Waals surface area contributed by atoms with E-state index in [4.69, 9.17) is 22.1 Å². The highest BCUT2D eigenvalue weighted by molar-refractivity contribution is 6.32. The largest absolute Gasteiger partial charge is 0.492 e. The van der Waals surface area contributed by atoms with Gasteiger partial charge >= 0.3 is 0 Å². The Morgan fingerprint density at radius 3 is 2.09 bits per heavy atom. The Morgan fingerprint density at radius 2 is 1.57 bits per heavy atom. The first-order chi connectivity index (χ1) is 11.1. The number of nitrogens with two attached hydrogens (primary N) is 1. The zero-order chi connectivity index (χ0) is 16.9. The van der Waals surface area contributed by atoms with Crippen molar-refractivity contribution in [3.05, 3.63) is 28.8 Å². The SMILES string of the molecule is CCCCCCCCCCCCOc1ccc(C(N)=O)cc1Cl. The standard InChI is InChI=1S/C19H30ClNO2/c1-2-3-4-5-6-7-8-9-10-11-14-23-18-13-12-16(19(21)22)15-17(18)20/h12-13,15H,2-11,14H2,1H3,(H2,21,22). The average molecular weight is 340 g/mol. The van der Waals surface area contributed by atoms with Crippen LogP contribution in [0.25, 0.3) is 0 Å². The first-order valence-corrected chi connectivity index (χ1v) is 9.25. The molecule has 23 heavy (non-hydrogen) atoms. The number of benzene rings is 1. The van der Waals surface area contributed by atoms with Gasteiger partial charge in [0.1, 0.15) is 5.75 Å². The molecule has 0 spiro atoms. The molecule has 0 heterocycles. The molecule has 0 aliphatic rings. The number of rotatable bonds is 13. The normalized spacial score (nSPS) is 10.7. The third-order valence-corrected chi connectivity index (χ3v) is 4.27. The van der Waals surface area contributed by atoms with E-state index in [0.717, 1.165) is 6.42 Å². The molecule has 1 aromatic rings. The lowest BCUT2D eigenvalue weighted by Crippen LogP contribution is -2.10. The Kier molecular flexibility index (Phi) is 10.5. The lowest BCUT2D eigenvalue weighted by atomic mass is 10.1. The minimum atomic E-state index is -0.479. The van der Waals surface area contributed by atoms with Gasteiger partial charge in [-0.3, -0.25) is 4.79 Å². The van der Waals surface area contributed by atoms with E-state index in [1.54, 1.807) is 18.2 Å². The molecule has 3 nitrogen and oxygen atoms in total. The van der Waals surface area contributed by atoms with E-state index in [1.807, 2.05) is 0 Å². The Bertz CT molecular complexity index is 463. The molecule has 0 saturated heterocycles. The number of carbonyl (C=O) groups excluding carboxylic acids is 1. The fourth-order valence-corrected chi connectivity index (χ4v) is 2.78. The zero-order valence-corrected chi connectivity index (χ0v) is 15.0. The number of amides is 1. The van der Waals surface area contributed by atoms with Crippen molar-refractivity contribution in [2.75, 3.05) is 6.61 Å². The van der Waals surface area contributed by atoms with Crippen molar-refractivity contribution in [1.82, 2.24) is 0 Å². The van der Waals surface area contributed by atoms with Crippen molar-refractivity contribution in [3.8, 4) is 5.75 Å². The molecule has 2 N–H and O–H groups in total. The molecule has 1 amide bonds. The second kappa shape index (κ2) is 12.2. The highest BCUT2D eigenvalue weighted by atomic mass is 35.5. The van der Waals surface area contributed by atoms with Gasteiger partial charge < -0.3 is 10.5 Å². The molecular weight excluding hydrogens is 310 g/mol. The molecule has 0 aliphatic heterocycles. The quantitative estimate of drug-likeness (QED) is 0.466. The third-order valence-electron chi connectivity index (χ3n) is 3.97. The number of primary amides is 1. The highest BCUT2D eigenvalue weighted by Gasteiger charge is 2.06. The Morgan fingerprint density at radius 1 is 1.00 bits per heavy atom. The van der Waals surface area contributed by atoms with Gasteiger partial charge in [-0.1, -0.05) is 76.3 Å². The van der Waals surface area contributed by atoms with Crippen LogP contribution in [0.5, 0.6) is 5.75 Å². The van der Waals surface area contributed by atoms with E-state index >= 15 is 0 Å². The number of carbonyl (C=O) groups is 1. The fraction of sp³-hybridized carbons (Fsp3) is 0.632. The summed E-state index contributed by atoms with van der Waals surface area (Å²) < 4.78 is 5.66. The fourth-order valence-electron chi connectivity index (χ4n) is 2.54. The van der Waals surface area contributed by atoms with E-state index in [2.05, 4.69) is 6.92 Å². The van der Waals surface area contributed by atoms with Gasteiger partial charge in [0, 0.05) is 5.56 Å². The van der Waals surface area contributed by atoms with Gasteiger partial charge in [0.25, 0.3) is 0 Å². The summed E-state index contributed by atoms with van der Waals surface area (Å²) in [6.07, 6.45) is 13.0. The predicted molar refractivity (Wildman–Crippen MR) is 97.3 cm³/mol. The van der Waals surface area contributed by atoms with Crippen LogP contribution in [-0.4, -0.2) is 12.5 Å². The van der Waals surface area contributed by atoms with Crippen LogP contribution in [-0.2, 0) is 0 Å². The van der Waals surface area contributed by atoms with Crippen LogP contribution in [0.4, 0.5) is 0 Å². The van der Waals surface area contributed by atoms with E-state index in [9.17, 15) is 4.79 Å². The summed E-state index contributed by atoms with van der Waals surface area (Å²) in [4.78, 5) is 11.0. The van der Waals surface area contributed by atoms with Gasteiger partial charge in [-0.25, -0.2) is 0 Å². The van der Waals surface area contributed by atoms with Crippen molar-refractivity contribution < 1.29 is 9.53 Å². The van der Waals surface area contributed by atoms with Crippen LogP contribution < -0.4 is 10.5 Å². The monoisotopic (exact) mass is 339 g/mol. The molecule has 0 aromatic heterocycles. The minimum Gasteiger partial charge on any atom is -0.492 e. The lowest BCUT2D eigenvalue weighted by Gasteiger charge is -2.08. The maximum absolute atomic E-state index is 11.0. The topological polar surface area (TPSA) is 52.3 Å². The molecule has 0 saturated carbocycles. The average Bonchev–Trinajstić information content (AvgIpc) is 2.53. The van der Waals surface area contributed by atoms with Crippen molar-refractivity contribution in [1.29, 1.82) is 0 Å². The summed E-state index contributed by atoms with van der Waals surface area (Å²) in [5.74, 6) is 0.140. The molecule has 0 fully saturated rings.